The van der Waals surface area contributed by atoms with Crippen molar-refractivity contribution in [3.8, 4) is 11.5 Å². The summed E-state index contributed by atoms with van der Waals surface area (Å²) in [6, 6.07) is 13.9. The van der Waals surface area contributed by atoms with Gasteiger partial charge >= 0.3 is 0 Å². The average Bonchev–Trinajstić information content (AvgIpc) is 3.12. The molecule has 0 unspecified atom stereocenters. The molecule has 3 aromatic rings. The number of nitrogens with zero attached hydrogens (tertiary/aromatic N) is 2. The molecule has 29 heavy (non-hydrogen) atoms. The second-order valence-corrected chi connectivity index (χ2v) is 7.43. The first-order valence-corrected chi connectivity index (χ1v) is 9.83. The standard InChI is InChI=1S/C21H23FN4OS.HI/c1-15-13-25-20(28-15)11-12-24-21(23-2)26-14-16-7-3-5-9-18(16)27-19-10-6-4-8-17(19)22;/h3-10,13H,11-12,14H2,1-2H3,(H2,23,24,26);1H. The Hall–Kier alpha value is -2.20. The largest absolute Gasteiger partial charge is 0.454 e. The number of nitrogens with one attached hydrogen (secondary N) is 2. The molecule has 2 N–H and O–H groups in total. The summed E-state index contributed by atoms with van der Waals surface area (Å²) in [4.78, 5) is 9.82. The Bertz CT molecular complexity index is 948. The fourth-order valence-corrected chi connectivity index (χ4v) is 3.39. The molecule has 0 radical (unpaired) electrons. The van der Waals surface area contributed by atoms with Gasteiger partial charge in [-0.25, -0.2) is 9.37 Å². The van der Waals surface area contributed by atoms with E-state index in [2.05, 4.69) is 27.5 Å². The highest BCUT2D eigenvalue weighted by Crippen LogP contribution is 2.27. The molecule has 8 heteroatoms. The molecule has 0 aliphatic rings. The van der Waals surface area contributed by atoms with Gasteiger partial charge in [0.2, 0.25) is 0 Å². The second kappa shape index (κ2) is 11.7. The quantitative estimate of drug-likeness (QED) is 0.261. The van der Waals surface area contributed by atoms with Crippen LogP contribution in [0.1, 0.15) is 15.4 Å². The molecule has 0 bridgehead atoms. The van der Waals surface area contributed by atoms with Crippen molar-refractivity contribution in [2.75, 3.05) is 13.6 Å². The predicted molar refractivity (Wildman–Crippen MR) is 127 cm³/mol. The molecule has 0 spiro atoms. The first-order valence-electron chi connectivity index (χ1n) is 9.02. The highest BCUT2D eigenvalue weighted by molar-refractivity contribution is 14.0. The van der Waals surface area contributed by atoms with Gasteiger partial charge in [0.1, 0.15) is 5.75 Å². The molecule has 2 aromatic carbocycles. The van der Waals surface area contributed by atoms with E-state index in [1.165, 1.54) is 10.9 Å². The topological polar surface area (TPSA) is 58.5 Å². The molecule has 1 heterocycles. The van der Waals surface area contributed by atoms with Gasteiger partial charge in [-0.05, 0) is 25.1 Å². The van der Waals surface area contributed by atoms with Crippen molar-refractivity contribution in [2.24, 2.45) is 4.99 Å². The summed E-state index contributed by atoms with van der Waals surface area (Å²) in [5, 5.41) is 7.65. The zero-order chi connectivity index (χ0) is 19.8. The van der Waals surface area contributed by atoms with Crippen molar-refractivity contribution in [1.29, 1.82) is 0 Å². The van der Waals surface area contributed by atoms with Crippen LogP contribution >= 0.6 is 35.3 Å². The number of hydrogen-bond donors (Lipinski definition) is 2. The number of aliphatic imine (C=N–C) groups is 1. The van der Waals surface area contributed by atoms with Crippen LogP contribution in [0.3, 0.4) is 0 Å². The fraction of sp³-hybridized carbons (Fsp3) is 0.238. The lowest BCUT2D eigenvalue weighted by Gasteiger charge is -2.14. The van der Waals surface area contributed by atoms with E-state index in [0.717, 1.165) is 23.5 Å². The van der Waals surface area contributed by atoms with Crippen molar-refractivity contribution in [1.82, 2.24) is 15.6 Å². The van der Waals surface area contributed by atoms with Gasteiger partial charge in [-0.1, -0.05) is 30.3 Å². The number of hydrogen-bond acceptors (Lipinski definition) is 4. The highest BCUT2D eigenvalue weighted by atomic mass is 127. The molecule has 0 aliphatic carbocycles. The number of benzene rings is 2. The van der Waals surface area contributed by atoms with Gasteiger partial charge in [0.15, 0.2) is 17.5 Å². The maximum atomic E-state index is 13.9. The normalized spacial score (nSPS) is 10.9. The van der Waals surface area contributed by atoms with Crippen LogP contribution < -0.4 is 15.4 Å². The minimum Gasteiger partial charge on any atom is -0.454 e. The number of aromatic nitrogens is 1. The fourth-order valence-electron chi connectivity index (χ4n) is 2.60. The van der Waals surface area contributed by atoms with Crippen molar-refractivity contribution in [3.05, 3.63) is 76.0 Å². The van der Waals surface area contributed by atoms with Gasteiger partial charge in [-0.2, -0.15) is 0 Å². The molecule has 1 aromatic heterocycles. The Labute approximate surface area is 191 Å². The molecule has 0 fully saturated rings. The number of thiazole rings is 1. The SMILES string of the molecule is CN=C(NCCc1ncc(C)s1)NCc1ccccc1Oc1ccccc1F.I. The summed E-state index contributed by atoms with van der Waals surface area (Å²) in [6.07, 6.45) is 2.73. The van der Waals surface area contributed by atoms with Crippen LogP contribution in [-0.2, 0) is 13.0 Å². The molecule has 0 amide bonds. The molecule has 5 nitrogen and oxygen atoms in total. The smallest absolute Gasteiger partial charge is 0.191 e. The van der Waals surface area contributed by atoms with E-state index < -0.39 is 0 Å². The van der Waals surface area contributed by atoms with Gasteiger partial charge in [-0.3, -0.25) is 4.99 Å². The molecule has 3 rings (SSSR count). The van der Waals surface area contributed by atoms with Crippen LogP contribution in [0.25, 0.3) is 0 Å². The van der Waals surface area contributed by atoms with Crippen LogP contribution in [-0.4, -0.2) is 24.5 Å². The van der Waals surface area contributed by atoms with Crippen molar-refractivity contribution in [2.45, 2.75) is 19.9 Å². The summed E-state index contributed by atoms with van der Waals surface area (Å²) in [6.45, 7) is 3.29. The first kappa shape index (κ1) is 23.1. The minimum absolute atomic E-state index is 0. The van der Waals surface area contributed by atoms with Crippen LogP contribution in [0.5, 0.6) is 11.5 Å². The summed E-state index contributed by atoms with van der Waals surface area (Å²) in [7, 11) is 1.73. The van der Waals surface area contributed by atoms with Crippen molar-refractivity contribution in [3.63, 3.8) is 0 Å². The molecule has 0 saturated carbocycles. The maximum absolute atomic E-state index is 13.9. The van der Waals surface area contributed by atoms with E-state index in [9.17, 15) is 4.39 Å². The Morgan fingerprint density at radius 3 is 2.52 bits per heavy atom. The summed E-state index contributed by atoms with van der Waals surface area (Å²) in [5.74, 6) is 1.11. The third-order valence-corrected chi connectivity index (χ3v) is 4.97. The van der Waals surface area contributed by atoms with Gasteiger partial charge < -0.3 is 15.4 Å². The second-order valence-electron chi connectivity index (χ2n) is 6.11. The van der Waals surface area contributed by atoms with E-state index in [1.54, 1.807) is 36.6 Å². The molecular weight excluding hydrogens is 502 g/mol. The van der Waals surface area contributed by atoms with Gasteiger partial charge in [0.25, 0.3) is 0 Å². The van der Waals surface area contributed by atoms with Crippen molar-refractivity contribution >= 4 is 41.3 Å². The third-order valence-electron chi connectivity index (χ3n) is 4.00. The highest BCUT2D eigenvalue weighted by Gasteiger charge is 2.08. The lowest BCUT2D eigenvalue weighted by molar-refractivity contribution is 0.437. The van der Waals surface area contributed by atoms with Crippen LogP contribution in [0, 0.1) is 12.7 Å². The monoisotopic (exact) mass is 526 g/mol. The summed E-state index contributed by atoms with van der Waals surface area (Å²) in [5.41, 5.74) is 0.907. The predicted octanol–water partition coefficient (Wildman–Crippen LogP) is 4.91. The van der Waals surface area contributed by atoms with Gasteiger partial charge in [-0.15, -0.1) is 35.3 Å². The minimum atomic E-state index is -0.389. The third kappa shape index (κ3) is 6.97. The number of rotatable bonds is 7. The Kier molecular flexibility index (Phi) is 9.33. The molecular formula is C21H24FIN4OS. The number of aryl methyl sites for hydroxylation is 1. The van der Waals surface area contributed by atoms with E-state index in [1.807, 2.05) is 30.5 Å². The zero-order valence-corrected chi connectivity index (χ0v) is 19.5. The lowest BCUT2D eigenvalue weighted by atomic mass is 10.2. The lowest BCUT2D eigenvalue weighted by Crippen LogP contribution is -2.37. The molecule has 154 valence electrons. The van der Waals surface area contributed by atoms with Crippen LogP contribution in [0.4, 0.5) is 4.39 Å². The van der Waals surface area contributed by atoms with Gasteiger partial charge in [0, 0.05) is 43.2 Å². The number of halogens is 2. The van der Waals surface area contributed by atoms with Crippen LogP contribution in [0.15, 0.2) is 59.7 Å². The van der Waals surface area contributed by atoms with Crippen LogP contribution in [0.2, 0.25) is 0 Å². The van der Waals surface area contributed by atoms with E-state index in [-0.39, 0.29) is 35.5 Å². The van der Waals surface area contributed by atoms with Gasteiger partial charge in [0.05, 0.1) is 5.01 Å². The first-order chi connectivity index (χ1) is 13.7. The molecule has 0 aliphatic heterocycles. The number of guanidine groups is 1. The Balaban J connectivity index is 0.00000300. The zero-order valence-electron chi connectivity index (χ0n) is 16.3. The Morgan fingerprint density at radius 1 is 1.10 bits per heavy atom. The maximum Gasteiger partial charge on any atom is 0.191 e. The molecule has 0 saturated heterocycles. The van der Waals surface area contributed by atoms with Crippen molar-refractivity contribution < 1.29 is 9.13 Å². The van der Waals surface area contributed by atoms with E-state index in [0.29, 0.717) is 18.3 Å². The summed E-state index contributed by atoms with van der Waals surface area (Å²) < 4.78 is 19.6. The van der Waals surface area contributed by atoms with E-state index >= 15 is 0 Å². The molecule has 0 atom stereocenters. The average molecular weight is 526 g/mol. The van der Waals surface area contributed by atoms with E-state index in [4.69, 9.17) is 4.74 Å². The number of para-hydroxylation sites is 2. The summed E-state index contributed by atoms with van der Waals surface area (Å²) >= 11 is 1.70. The number of ether oxygens (including phenoxy) is 1. The Morgan fingerprint density at radius 2 is 1.83 bits per heavy atom.